The molecule has 1 rings (SSSR count). The molecule has 0 saturated heterocycles. The molecular weight excluding hydrogens is 186 g/mol. The maximum absolute atomic E-state index is 8.69. The van der Waals surface area contributed by atoms with Gasteiger partial charge in [-0.25, -0.2) is 5.43 Å². The van der Waals surface area contributed by atoms with Crippen LogP contribution in [0.5, 0.6) is 0 Å². The zero-order chi connectivity index (χ0) is 11.3. The molecule has 0 radical (unpaired) electrons. The van der Waals surface area contributed by atoms with Gasteiger partial charge in [0.15, 0.2) is 0 Å². The number of hydrogen-bond donors (Lipinski definition) is 1. The first-order chi connectivity index (χ1) is 7.22. The van der Waals surface area contributed by atoms with Crippen molar-refractivity contribution in [3.05, 3.63) is 41.6 Å². The molecule has 0 unspecified atom stereocenters. The van der Waals surface area contributed by atoms with Crippen molar-refractivity contribution in [1.29, 1.82) is 5.26 Å². The lowest BCUT2D eigenvalue weighted by atomic mass is 10.2. The van der Waals surface area contributed by atoms with Crippen LogP contribution in [0.4, 0.5) is 5.69 Å². The Kier molecular flexibility index (Phi) is 3.90. The molecule has 3 nitrogen and oxygen atoms in total. The van der Waals surface area contributed by atoms with Crippen molar-refractivity contribution < 1.29 is 0 Å². The molecule has 0 amide bonds. The van der Waals surface area contributed by atoms with Crippen molar-refractivity contribution in [2.24, 2.45) is 0 Å². The highest BCUT2D eigenvalue weighted by Crippen LogP contribution is 2.16. The van der Waals surface area contributed by atoms with Gasteiger partial charge in [-0.1, -0.05) is 6.08 Å². The minimum absolute atomic E-state index is 0.674. The van der Waals surface area contributed by atoms with Gasteiger partial charge in [0.1, 0.15) is 0 Å². The van der Waals surface area contributed by atoms with E-state index in [1.165, 1.54) is 0 Å². The van der Waals surface area contributed by atoms with Crippen molar-refractivity contribution in [1.82, 2.24) is 5.43 Å². The van der Waals surface area contributed by atoms with E-state index in [4.69, 9.17) is 5.26 Å². The van der Waals surface area contributed by atoms with E-state index in [2.05, 4.69) is 11.5 Å². The van der Waals surface area contributed by atoms with Gasteiger partial charge in [0, 0.05) is 12.7 Å². The Morgan fingerprint density at radius 1 is 1.40 bits per heavy atom. The number of hydrazine groups is 1. The Hall–Kier alpha value is -1.79. The highest BCUT2D eigenvalue weighted by molar-refractivity contribution is 5.52. The lowest BCUT2D eigenvalue weighted by molar-refractivity contribution is 0.787. The van der Waals surface area contributed by atoms with E-state index in [-0.39, 0.29) is 0 Å². The molecule has 0 aliphatic carbocycles. The molecule has 0 spiro atoms. The summed E-state index contributed by atoms with van der Waals surface area (Å²) in [4.78, 5) is 0. The first kappa shape index (κ1) is 11.3. The zero-order valence-corrected chi connectivity index (χ0v) is 9.28. The van der Waals surface area contributed by atoms with Crippen molar-refractivity contribution >= 4 is 5.69 Å². The molecule has 1 aromatic rings. The normalized spacial score (nSPS) is 10.9. The second kappa shape index (κ2) is 5.18. The number of anilines is 1. The van der Waals surface area contributed by atoms with E-state index < -0.39 is 0 Å². The fourth-order valence-corrected chi connectivity index (χ4v) is 1.32. The Bertz CT molecular complexity index is 384. The largest absolute Gasteiger partial charge is 0.282 e. The fourth-order valence-electron chi connectivity index (χ4n) is 1.32. The van der Waals surface area contributed by atoms with E-state index in [9.17, 15) is 0 Å². The van der Waals surface area contributed by atoms with E-state index in [1.54, 1.807) is 0 Å². The zero-order valence-electron chi connectivity index (χ0n) is 9.28. The van der Waals surface area contributed by atoms with E-state index in [0.29, 0.717) is 5.56 Å². The summed E-state index contributed by atoms with van der Waals surface area (Å²) in [5, 5.41) is 10.6. The summed E-state index contributed by atoms with van der Waals surface area (Å²) in [6.45, 7) is 4.01. The minimum Gasteiger partial charge on any atom is -0.282 e. The van der Waals surface area contributed by atoms with Crippen LogP contribution in [0.1, 0.15) is 19.4 Å². The van der Waals surface area contributed by atoms with Crippen LogP contribution in [0.25, 0.3) is 0 Å². The third-order valence-corrected chi connectivity index (χ3v) is 2.25. The molecule has 0 atom stereocenters. The molecule has 1 N–H and O–H groups in total. The summed E-state index contributed by atoms with van der Waals surface area (Å²) in [6.07, 6.45) is 2.02. The lowest BCUT2D eigenvalue weighted by Crippen LogP contribution is -2.33. The Labute approximate surface area is 90.6 Å². The van der Waals surface area contributed by atoms with Crippen LogP contribution in [-0.2, 0) is 0 Å². The number of rotatable bonds is 3. The second-order valence-corrected chi connectivity index (χ2v) is 3.15. The van der Waals surface area contributed by atoms with Crippen molar-refractivity contribution in [2.45, 2.75) is 13.8 Å². The summed E-state index contributed by atoms with van der Waals surface area (Å²) in [7, 11) is 1.87. The van der Waals surface area contributed by atoms with Gasteiger partial charge in [0.2, 0.25) is 0 Å². The lowest BCUT2D eigenvalue weighted by Gasteiger charge is -2.23. The first-order valence-electron chi connectivity index (χ1n) is 4.83. The molecule has 0 saturated carbocycles. The molecule has 0 aliphatic heterocycles. The van der Waals surface area contributed by atoms with Crippen molar-refractivity contribution in [2.75, 3.05) is 12.1 Å². The number of hydrogen-bond acceptors (Lipinski definition) is 3. The third kappa shape index (κ3) is 2.58. The van der Waals surface area contributed by atoms with Crippen LogP contribution < -0.4 is 10.4 Å². The van der Waals surface area contributed by atoms with Crippen LogP contribution in [0.3, 0.4) is 0 Å². The predicted molar refractivity (Wildman–Crippen MR) is 62.1 cm³/mol. The molecule has 15 heavy (non-hydrogen) atoms. The SMILES string of the molecule is C/C=C(/C)N(NC)c1ccc(C#N)cc1. The highest BCUT2D eigenvalue weighted by Gasteiger charge is 2.04. The number of nitrogens with zero attached hydrogens (tertiary/aromatic N) is 2. The van der Waals surface area contributed by atoms with E-state index in [1.807, 2.05) is 56.2 Å². The van der Waals surface area contributed by atoms with Gasteiger partial charge in [0.05, 0.1) is 17.3 Å². The van der Waals surface area contributed by atoms with Crippen LogP contribution in [0.15, 0.2) is 36.0 Å². The molecular formula is C12H15N3. The molecule has 1 aromatic carbocycles. The maximum Gasteiger partial charge on any atom is 0.0991 e. The smallest absolute Gasteiger partial charge is 0.0991 e. The van der Waals surface area contributed by atoms with Crippen LogP contribution in [-0.4, -0.2) is 7.05 Å². The quantitative estimate of drug-likeness (QED) is 0.763. The van der Waals surface area contributed by atoms with Crippen molar-refractivity contribution in [3.63, 3.8) is 0 Å². The molecule has 0 heterocycles. The average molecular weight is 201 g/mol. The van der Waals surface area contributed by atoms with Gasteiger partial charge in [-0.2, -0.15) is 5.26 Å². The Balaban J connectivity index is 2.99. The van der Waals surface area contributed by atoms with E-state index >= 15 is 0 Å². The molecule has 0 aromatic heterocycles. The molecule has 3 heteroatoms. The highest BCUT2D eigenvalue weighted by atomic mass is 15.5. The van der Waals surface area contributed by atoms with Gasteiger partial charge in [-0.05, 0) is 38.1 Å². The average Bonchev–Trinajstić information content (AvgIpc) is 2.30. The topological polar surface area (TPSA) is 39.1 Å². The van der Waals surface area contributed by atoms with Crippen LogP contribution >= 0.6 is 0 Å². The number of benzene rings is 1. The second-order valence-electron chi connectivity index (χ2n) is 3.15. The monoisotopic (exact) mass is 201 g/mol. The maximum atomic E-state index is 8.69. The summed E-state index contributed by atoms with van der Waals surface area (Å²) < 4.78 is 0. The summed E-state index contributed by atoms with van der Waals surface area (Å²) in [5.74, 6) is 0. The standard InChI is InChI=1S/C12H15N3/c1-4-10(2)15(14-3)12-7-5-11(9-13)6-8-12/h4-8,14H,1-3H3/b10-4-. The predicted octanol–water partition coefficient (Wildman–Crippen LogP) is 2.42. The summed E-state index contributed by atoms with van der Waals surface area (Å²) >= 11 is 0. The summed E-state index contributed by atoms with van der Waals surface area (Å²) in [5.41, 5.74) is 5.90. The Morgan fingerprint density at radius 3 is 2.40 bits per heavy atom. The van der Waals surface area contributed by atoms with Crippen molar-refractivity contribution in [3.8, 4) is 6.07 Å². The number of nitriles is 1. The van der Waals surface area contributed by atoms with Gasteiger partial charge in [0.25, 0.3) is 0 Å². The number of allylic oxidation sites excluding steroid dienone is 2. The molecule has 0 fully saturated rings. The minimum atomic E-state index is 0.674. The number of nitrogens with one attached hydrogen (secondary N) is 1. The first-order valence-corrected chi connectivity index (χ1v) is 4.83. The third-order valence-electron chi connectivity index (χ3n) is 2.25. The molecule has 0 bridgehead atoms. The van der Waals surface area contributed by atoms with Gasteiger partial charge < -0.3 is 0 Å². The molecule has 0 aliphatic rings. The van der Waals surface area contributed by atoms with Crippen LogP contribution in [0, 0.1) is 11.3 Å². The van der Waals surface area contributed by atoms with Gasteiger partial charge >= 0.3 is 0 Å². The van der Waals surface area contributed by atoms with Gasteiger partial charge in [-0.3, -0.25) is 5.01 Å². The summed E-state index contributed by atoms with van der Waals surface area (Å²) in [6, 6.07) is 9.55. The fraction of sp³-hybridized carbons (Fsp3) is 0.250. The molecule has 78 valence electrons. The van der Waals surface area contributed by atoms with E-state index in [0.717, 1.165) is 11.4 Å². The van der Waals surface area contributed by atoms with Crippen LogP contribution in [0.2, 0.25) is 0 Å². The Morgan fingerprint density at radius 2 is 2.00 bits per heavy atom. The van der Waals surface area contributed by atoms with Gasteiger partial charge in [-0.15, -0.1) is 0 Å².